The molecule has 1 aliphatic heterocycles. The summed E-state index contributed by atoms with van der Waals surface area (Å²) in [4.78, 5) is 34.4. The topological polar surface area (TPSA) is 69.9 Å². The van der Waals surface area contributed by atoms with E-state index < -0.39 is 12.0 Å². The third kappa shape index (κ3) is 6.04. The number of aromatic nitrogens is 1. The van der Waals surface area contributed by atoms with Gasteiger partial charge in [0.2, 0.25) is 0 Å². The van der Waals surface area contributed by atoms with Gasteiger partial charge in [-0.15, -0.1) is 11.8 Å². The van der Waals surface area contributed by atoms with Crippen molar-refractivity contribution in [2.45, 2.75) is 24.5 Å². The van der Waals surface area contributed by atoms with Crippen molar-refractivity contribution in [1.29, 1.82) is 0 Å². The second-order valence-corrected chi connectivity index (χ2v) is 11.9. The van der Waals surface area contributed by atoms with Crippen molar-refractivity contribution in [1.82, 2.24) is 4.57 Å². The summed E-state index contributed by atoms with van der Waals surface area (Å²) in [6.07, 6.45) is 3.85. The van der Waals surface area contributed by atoms with Gasteiger partial charge in [-0.05, 0) is 48.6 Å². The fourth-order valence-electron chi connectivity index (χ4n) is 5.15. The van der Waals surface area contributed by atoms with Gasteiger partial charge in [0.1, 0.15) is 12.4 Å². The molecular weight excluding hydrogens is 589 g/mol. The molecule has 5 aromatic rings. The summed E-state index contributed by atoms with van der Waals surface area (Å²) in [5, 5.41) is 0. The van der Waals surface area contributed by atoms with Crippen LogP contribution in [0.15, 0.2) is 129 Å². The summed E-state index contributed by atoms with van der Waals surface area (Å²) in [5.41, 5.74) is 4.01. The predicted octanol–water partition coefficient (Wildman–Crippen LogP) is 6.24. The quantitative estimate of drug-likeness (QED) is 0.145. The molecule has 0 N–H and O–H groups in total. The lowest BCUT2D eigenvalue weighted by Gasteiger charge is -2.26. The number of fused-ring (bicyclic) bond motifs is 1. The maximum Gasteiger partial charge on any atom is 0.338 e. The number of ether oxygens (including phenoxy) is 2. The van der Waals surface area contributed by atoms with Crippen LogP contribution < -0.4 is 19.6 Å². The second-order valence-electron chi connectivity index (χ2n) is 10.0. The van der Waals surface area contributed by atoms with Crippen LogP contribution in [-0.2, 0) is 16.1 Å². The fraction of sp³-hybridized carbons (Fsp3) is 0.139. The average molecular weight is 619 g/mol. The number of carbonyl (C=O) groups excluding carboxylic acids is 1. The highest BCUT2D eigenvalue weighted by Crippen LogP contribution is 2.35. The van der Waals surface area contributed by atoms with E-state index in [2.05, 4.69) is 0 Å². The number of hydrogen-bond acceptors (Lipinski definition) is 7. The Hall–Kier alpha value is -4.66. The zero-order chi connectivity index (χ0) is 30.5. The number of carbonyl (C=O) groups is 1. The Balaban J connectivity index is 1.53. The maximum atomic E-state index is 14.2. The Morgan fingerprint density at radius 1 is 0.932 bits per heavy atom. The van der Waals surface area contributed by atoms with Crippen LogP contribution in [0.25, 0.3) is 11.8 Å². The number of benzene rings is 4. The van der Waals surface area contributed by atoms with Crippen molar-refractivity contribution in [2.24, 2.45) is 4.99 Å². The van der Waals surface area contributed by atoms with E-state index in [1.165, 1.54) is 11.3 Å². The zero-order valence-electron chi connectivity index (χ0n) is 24.3. The van der Waals surface area contributed by atoms with Gasteiger partial charge in [0.05, 0.1) is 28.5 Å². The van der Waals surface area contributed by atoms with Gasteiger partial charge >= 0.3 is 5.97 Å². The molecule has 6 nitrogen and oxygen atoms in total. The molecule has 0 saturated carbocycles. The molecule has 0 unspecified atom stereocenters. The molecule has 2 heterocycles. The van der Waals surface area contributed by atoms with E-state index in [-0.39, 0.29) is 12.2 Å². The molecular formula is C36H30N2O4S2. The molecule has 0 saturated heterocycles. The van der Waals surface area contributed by atoms with Gasteiger partial charge in [0, 0.05) is 16.0 Å². The van der Waals surface area contributed by atoms with Gasteiger partial charge < -0.3 is 9.47 Å². The molecule has 0 aliphatic carbocycles. The number of esters is 1. The lowest BCUT2D eigenvalue weighted by atomic mass is 9.93. The number of hydrogen-bond donors (Lipinski definition) is 0. The smallest absolute Gasteiger partial charge is 0.338 e. The first-order valence-corrected chi connectivity index (χ1v) is 16.3. The van der Waals surface area contributed by atoms with Crippen molar-refractivity contribution in [3.05, 3.63) is 157 Å². The highest BCUT2D eigenvalue weighted by molar-refractivity contribution is 7.98. The van der Waals surface area contributed by atoms with Gasteiger partial charge in [0.15, 0.2) is 4.80 Å². The minimum absolute atomic E-state index is 0.201. The SMILES string of the molecule is CCOC(=O)C1=C(c2ccccc2)N=c2s/c(=C/c3ccccc3OCc3ccccc3)c(=O)n2[C@@H]1c1ccc(SC)cc1. The van der Waals surface area contributed by atoms with Crippen LogP contribution in [0.4, 0.5) is 0 Å². The summed E-state index contributed by atoms with van der Waals surface area (Å²) in [5.74, 6) is 0.173. The molecule has 220 valence electrons. The molecule has 6 rings (SSSR count). The minimum atomic E-state index is -0.719. The molecule has 44 heavy (non-hydrogen) atoms. The largest absolute Gasteiger partial charge is 0.488 e. The Morgan fingerprint density at radius 3 is 2.32 bits per heavy atom. The molecule has 0 amide bonds. The molecule has 1 aliphatic rings. The Morgan fingerprint density at radius 2 is 1.61 bits per heavy atom. The third-order valence-corrected chi connectivity index (χ3v) is 8.97. The normalized spacial score (nSPS) is 14.6. The summed E-state index contributed by atoms with van der Waals surface area (Å²) in [7, 11) is 0. The molecule has 0 spiro atoms. The molecule has 1 aromatic heterocycles. The van der Waals surface area contributed by atoms with E-state index in [9.17, 15) is 9.59 Å². The number of thioether (sulfide) groups is 1. The Labute approximate surface area is 263 Å². The van der Waals surface area contributed by atoms with Crippen LogP contribution >= 0.6 is 23.1 Å². The summed E-state index contributed by atoms with van der Waals surface area (Å²) in [6.45, 7) is 2.38. The second kappa shape index (κ2) is 13.3. The lowest BCUT2D eigenvalue weighted by molar-refractivity contribution is -0.138. The third-order valence-electron chi connectivity index (χ3n) is 7.25. The number of rotatable bonds is 9. The van der Waals surface area contributed by atoms with Crippen molar-refractivity contribution in [2.75, 3.05) is 12.9 Å². The van der Waals surface area contributed by atoms with Crippen LogP contribution in [0.1, 0.15) is 35.2 Å². The number of thiazole rings is 1. The maximum absolute atomic E-state index is 14.2. The van der Waals surface area contributed by atoms with E-state index in [1.807, 2.05) is 122 Å². The van der Waals surface area contributed by atoms with Crippen LogP contribution in [0, 0.1) is 0 Å². The highest BCUT2D eigenvalue weighted by Gasteiger charge is 2.35. The predicted molar refractivity (Wildman–Crippen MR) is 176 cm³/mol. The van der Waals surface area contributed by atoms with E-state index in [0.29, 0.717) is 33.0 Å². The molecule has 0 radical (unpaired) electrons. The van der Waals surface area contributed by atoms with Crippen molar-refractivity contribution in [3.8, 4) is 5.75 Å². The van der Waals surface area contributed by atoms with Gasteiger partial charge in [0.25, 0.3) is 5.56 Å². The van der Waals surface area contributed by atoms with Gasteiger partial charge in [-0.2, -0.15) is 0 Å². The first-order valence-electron chi connectivity index (χ1n) is 14.3. The zero-order valence-corrected chi connectivity index (χ0v) is 25.9. The van der Waals surface area contributed by atoms with Crippen LogP contribution in [0.5, 0.6) is 5.75 Å². The van der Waals surface area contributed by atoms with Crippen LogP contribution in [0.2, 0.25) is 0 Å². The Kier molecular flexibility index (Phi) is 8.91. The van der Waals surface area contributed by atoms with Gasteiger partial charge in [-0.25, -0.2) is 9.79 Å². The molecule has 0 fully saturated rings. The number of para-hydroxylation sites is 1. The molecule has 1 atom stereocenters. The number of nitrogens with zero attached hydrogens (tertiary/aromatic N) is 2. The van der Waals surface area contributed by atoms with Crippen molar-refractivity contribution >= 4 is 40.8 Å². The molecule has 8 heteroatoms. The van der Waals surface area contributed by atoms with E-state index >= 15 is 0 Å². The monoisotopic (exact) mass is 618 g/mol. The van der Waals surface area contributed by atoms with Crippen LogP contribution in [0.3, 0.4) is 0 Å². The van der Waals surface area contributed by atoms with Crippen molar-refractivity contribution in [3.63, 3.8) is 0 Å². The van der Waals surface area contributed by atoms with Crippen molar-refractivity contribution < 1.29 is 14.3 Å². The fourth-order valence-corrected chi connectivity index (χ4v) is 6.55. The van der Waals surface area contributed by atoms with Gasteiger partial charge in [-0.3, -0.25) is 9.36 Å². The van der Waals surface area contributed by atoms with E-state index in [0.717, 1.165) is 27.1 Å². The average Bonchev–Trinajstić information content (AvgIpc) is 3.38. The lowest BCUT2D eigenvalue weighted by Crippen LogP contribution is -2.40. The van der Waals surface area contributed by atoms with Crippen LogP contribution in [-0.4, -0.2) is 23.4 Å². The van der Waals surface area contributed by atoms with E-state index in [1.54, 1.807) is 23.3 Å². The minimum Gasteiger partial charge on any atom is -0.488 e. The summed E-state index contributed by atoms with van der Waals surface area (Å²) >= 11 is 2.92. The van der Waals surface area contributed by atoms with Gasteiger partial charge in [-0.1, -0.05) is 102 Å². The standard InChI is InChI=1S/C36H30N2O4S2/c1-3-41-35(40)31-32(25-14-8-5-9-15-25)37-36-38(33(31)26-18-20-28(43-2)21-19-26)34(39)30(44-36)22-27-16-10-11-17-29(27)42-23-24-12-6-4-7-13-24/h4-22,33H,3,23H2,1-2H3/b30-22+/t33-/m1/s1. The molecule has 0 bridgehead atoms. The first kappa shape index (κ1) is 29.4. The molecule has 4 aromatic carbocycles. The first-order chi connectivity index (χ1) is 21.6. The van der Waals surface area contributed by atoms with E-state index in [4.69, 9.17) is 14.5 Å². The Bertz CT molecular complexity index is 2000. The summed E-state index contributed by atoms with van der Waals surface area (Å²) < 4.78 is 13.8. The summed E-state index contributed by atoms with van der Waals surface area (Å²) in [6, 6.07) is 34.4. The highest BCUT2D eigenvalue weighted by atomic mass is 32.2.